The number of aliphatic carboxylic acids is 1. The number of esters is 1. The molecule has 2 rings (SSSR count). The highest BCUT2D eigenvalue weighted by Gasteiger charge is 2.51. The fourth-order valence-corrected chi connectivity index (χ4v) is 7.92. The Balaban J connectivity index is 2.41. The Bertz CT molecular complexity index is 878. The molecule has 5 nitrogen and oxygen atoms in total. The van der Waals surface area contributed by atoms with E-state index in [-0.39, 0.29) is 46.9 Å². The van der Waals surface area contributed by atoms with Crippen molar-refractivity contribution >= 4 is 11.9 Å². The minimum Gasteiger partial charge on any atom is -0.481 e. The maximum Gasteiger partial charge on any atom is 0.305 e. The molecule has 0 aromatic heterocycles. The summed E-state index contributed by atoms with van der Waals surface area (Å²) in [4.78, 5) is 23.7. The molecule has 0 amide bonds. The maximum atomic E-state index is 12.1. The van der Waals surface area contributed by atoms with E-state index in [1.165, 1.54) is 18.3 Å². The van der Waals surface area contributed by atoms with Gasteiger partial charge in [0.05, 0.1) is 12.7 Å². The fraction of sp³-hybridized carbons (Fsp3) is 0.742. The summed E-state index contributed by atoms with van der Waals surface area (Å²) in [5, 5.41) is 20.6. The molecule has 2 N–H and O–H groups in total. The van der Waals surface area contributed by atoms with Crippen molar-refractivity contribution in [1.82, 2.24) is 0 Å². The molecule has 2 aliphatic carbocycles. The van der Waals surface area contributed by atoms with Gasteiger partial charge in [-0.25, -0.2) is 0 Å². The lowest BCUT2D eigenvalue weighted by Gasteiger charge is -2.54. The number of aliphatic hydroxyl groups is 1. The summed E-state index contributed by atoms with van der Waals surface area (Å²) in [6.45, 7) is 21.2. The Morgan fingerprint density at radius 3 is 2.25 bits per heavy atom. The van der Waals surface area contributed by atoms with Crippen LogP contribution in [0.2, 0.25) is 0 Å². The largest absolute Gasteiger partial charge is 0.481 e. The Kier molecular flexibility index (Phi) is 9.83. The number of hydrogen-bond acceptors (Lipinski definition) is 4. The van der Waals surface area contributed by atoms with E-state index in [2.05, 4.69) is 46.9 Å². The lowest BCUT2D eigenvalue weighted by molar-refractivity contribution is -0.143. The fourth-order valence-electron chi connectivity index (χ4n) is 7.92. The van der Waals surface area contributed by atoms with Gasteiger partial charge in [0.25, 0.3) is 0 Å². The van der Waals surface area contributed by atoms with Crippen LogP contribution in [-0.2, 0) is 14.3 Å². The van der Waals surface area contributed by atoms with Crippen LogP contribution in [-0.4, -0.2) is 34.9 Å². The molecular formula is C31H50O5. The zero-order chi connectivity index (χ0) is 27.5. The van der Waals surface area contributed by atoms with Crippen molar-refractivity contribution in [2.45, 2.75) is 105 Å². The summed E-state index contributed by atoms with van der Waals surface area (Å²) < 4.78 is 4.96. The third-order valence-corrected chi connectivity index (χ3v) is 9.82. The quantitative estimate of drug-likeness (QED) is 0.232. The second-order valence-corrected chi connectivity index (χ2v) is 12.6. The molecule has 36 heavy (non-hydrogen) atoms. The molecule has 0 saturated heterocycles. The van der Waals surface area contributed by atoms with E-state index in [0.29, 0.717) is 19.3 Å². The van der Waals surface area contributed by atoms with Crippen LogP contribution in [0.1, 0.15) is 99.3 Å². The van der Waals surface area contributed by atoms with Gasteiger partial charge in [-0.15, -0.1) is 0 Å². The zero-order valence-corrected chi connectivity index (χ0v) is 23.8. The highest BCUT2D eigenvalue weighted by Crippen LogP contribution is 2.58. The Labute approximate surface area is 219 Å². The summed E-state index contributed by atoms with van der Waals surface area (Å²) >= 11 is 0. The molecule has 5 heteroatoms. The molecule has 0 aromatic carbocycles. The average molecular weight is 503 g/mol. The van der Waals surface area contributed by atoms with Gasteiger partial charge < -0.3 is 14.9 Å². The highest BCUT2D eigenvalue weighted by atomic mass is 16.5. The van der Waals surface area contributed by atoms with Gasteiger partial charge in [0.15, 0.2) is 0 Å². The molecule has 0 heterocycles. The van der Waals surface area contributed by atoms with Crippen LogP contribution in [0.3, 0.4) is 0 Å². The molecule has 0 unspecified atom stereocenters. The van der Waals surface area contributed by atoms with E-state index in [0.717, 1.165) is 37.7 Å². The lowest BCUT2D eigenvalue weighted by atomic mass is 9.51. The van der Waals surface area contributed by atoms with E-state index in [1.54, 1.807) is 0 Å². The lowest BCUT2D eigenvalue weighted by Crippen LogP contribution is -2.50. The molecule has 0 bridgehead atoms. The van der Waals surface area contributed by atoms with Crippen LogP contribution in [0.15, 0.2) is 36.0 Å². The van der Waals surface area contributed by atoms with Gasteiger partial charge in [-0.3, -0.25) is 9.59 Å². The predicted molar refractivity (Wildman–Crippen MR) is 145 cm³/mol. The van der Waals surface area contributed by atoms with Gasteiger partial charge in [-0.2, -0.15) is 0 Å². The van der Waals surface area contributed by atoms with E-state index in [9.17, 15) is 19.8 Å². The van der Waals surface area contributed by atoms with Crippen molar-refractivity contribution in [3.05, 3.63) is 36.0 Å². The van der Waals surface area contributed by atoms with E-state index >= 15 is 0 Å². The first kappa shape index (κ1) is 30.3. The molecule has 2 aliphatic rings. The second kappa shape index (κ2) is 11.7. The Morgan fingerprint density at radius 1 is 1.14 bits per heavy atom. The van der Waals surface area contributed by atoms with Crippen LogP contribution in [0.25, 0.3) is 0 Å². The normalized spacial score (nSPS) is 33.1. The molecule has 0 radical (unpaired) electrons. The summed E-state index contributed by atoms with van der Waals surface area (Å²) in [5.41, 5.74) is 2.30. The van der Waals surface area contributed by atoms with Gasteiger partial charge in [0, 0.05) is 12.8 Å². The summed E-state index contributed by atoms with van der Waals surface area (Å²) in [6.07, 6.45) is 8.49. The maximum absolute atomic E-state index is 12.1. The van der Waals surface area contributed by atoms with E-state index < -0.39 is 11.6 Å². The van der Waals surface area contributed by atoms with Crippen molar-refractivity contribution in [2.75, 3.05) is 7.11 Å². The Morgan fingerprint density at radius 2 is 1.72 bits per heavy atom. The Hall–Kier alpha value is -1.88. The first-order valence-corrected chi connectivity index (χ1v) is 13.6. The minimum atomic E-state index is -0.870. The molecule has 0 aliphatic heterocycles. The molecular weight excluding hydrogens is 452 g/mol. The number of carbonyl (C=O) groups excluding carboxylic acids is 1. The minimum absolute atomic E-state index is 0.0368. The topological polar surface area (TPSA) is 83.8 Å². The third-order valence-electron chi connectivity index (χ3n) is 9.82. The number of carboxylic acids is 1. The van der Waals surface area contributed by atoms with Gasteiger partial charge >= 0.3 is 11.9 Å². The van der Waals surface area contributed by atoms with E-state index in [4.69, 9.17) is 4.74 Å². The summed E-state index contributed by atoms with van der Waals surface area (Å²) in [6, 6.07) is 0. The monoisotopic (exact) mass is 502 g/mol. The highest BCUT2D eigenvalue weighted by molar-refractivity contribution is 5.69. The molecule has 1 saturated carbocycles. The van der Waals surface area contributed by atoms with Crippen molar-refractivity contribution in [3.63, 3.8) is 0 Å². The van der Waals surface area contributed by atoms with E-state index in [1.807, 2.05) is 13.8 Å². The molecule has 204 valence electrons. The number of allylic oxidation sites excluding steroid dienone is 4. The third kappa shape index (κ3) is 6.51. The van der Waals surface area contributed by atoms with Crippen LogP contribution >= 0.6 is 0 Å². The first-order chi connectivity index (χ1) is 16.6. The summed E-state index contributed by atoms with van der Waals surface area (Å²) in [7, 11) is 1.42. The number of methoxy groups -OCH3 is 1. The molecule has 0 aromatic rings. The van der Waals surface area contributed by atoms with Gasteiger partial charge in [0.1, 0.15) is 0 Å². The van der Waals surface area contributed by atoms with Crippen molar-refractivity contribution in [2.24, 2.45) is 34.5 Å². The van der Waals surface area contributed by atoms with Gasteiger partial charge in [0.2, 0.25) is 0 Å². The number of ether oxygens (including phenoxy) is 1. The molecule has 0 spiro atoms. The summed E-state index contributed by atoms with van der Waals surface area (Å²) in [5.74, 6) is -0.296. The standard InChI is InChI=1S/C31H50O5/c1-20(2)23-12-10-21(3)24(30(23,7)18-16-27(32)33)13-14-25-22(4)11-15-26(29(5,6)35)31(25,8)19-17-28(34)36-9/h10,23-26,35H,1,4,11-19H2,2-3,5-9H3,(H,32,33)/t23-,24-,25-,26-,30-,31+/m0/s1. The number of rotatable bonds is 11. The number of carboxylic acid groups (broad SMARTS) is 1. The van der Waals surface area contributed by atoms with Crippen LogP contribution in [0.4, 0.5) is 0 Å². The van der Waals surface area contributed by atoms with Crippen molar-refractivity contribution < 1.29 is 24.5 Å². The number of hydrogen-bond donors (Lipinski definition) is 2. The van der Waals surface area contributed by atoms with Gasteiger partial charge in [-0.1, -0.05) is 49.8 Å². The SMILES string of the molecule is C=C(C)[C@@H]1CC=C(C)[C@H](CC[C@H]2C(=C)CC[C@@H](C(C)(C)O)[C@]2(C)CCC(=O)OC)[C@@]1(C)CCC(=O)O. The molecule has 1 fully saturated rings. The number of carbonyl (C=O) groups is 2. The molecule has 6 atom stereocenters. The van der Waals surface area contributed by atoms with Crippen LogP contribution in [0, 0.1) is 34.5 Å². The van der Waals surface area contributed by atoms with Crippen molar-refractivity contribution in [3.8, 4) is 0 Å². The first-order valence-electron chi connectivity index (χ1n) is 13.6. The predicted octanol–water partition coefficient (Wildman–Crippen LogP) is 7.11. The smallest absolute Gasteiger partial charge is 0.305 e. The second-order valence-electron chi connectivity index (χ2n) is 12.6. The van der Waals surface area contributed by atoms with Crippen molar-refractivity contribution in [1.29, 1.82) is 0 Å². The zero-order valence-electron chi connectivity index (χ0n) is 23.8. The van der Waals surface area contributed by atoms with Gasteiger partial charge in [-0.05, 0) is 107 Å². The average Bonchev–Trinajstić information content (AvgIpc) is 2.76. The van der Waals surface area contributed by atoms with Crippen LogP contribution < -0.4 is 0 Å². The van der Waals surface area contributed by atoms with Crippen LogP contribution in [0.5, 0.6) is 0 Å².